The maximum absolute atomic E-state index is 14.4. The lowest BCUT2D eigenvalue weighted by atomic mass is 9.78. The van der Waals surface area contributed by atoms with Crippen molar-refractivity contribution in [3.63, 3.8) is 0 Å². The Morgan fingerprint density at radius 3 is 2.34 bits per heavy atom. The molecule has 17 heteroatoms. The van der Waals surface area contributed by atoms with Gasteiger partial charge < -0.3 is 55.0 Å². The highest BCUT2D eigenvalue weighted by molar-refractivity contribution is 6.39. The lowest BCUT2D eigenvalue weighted by Gasteiger charge is -2.43. The van der Waals surface area contributed by atoms with Crippen molar-refractivity contribution >= 4 is 35.3 Å². The summed E-state index contributed by atoms with van der Waals surface area (Å²) in [6, 6.07) is -1.88. The fourth-order valence-corrected chi connectivity index (χ4v) is 10.4. The third-order valence-electron chi connectivity index (χ3n) is 14.9. The molecule has 0 radical (unpaired) electrons. The van der Waals surface area contributed by atoms with Gasteiger partial charge >= 0.3 is 12.1 Å². The molecule has 6 N–H and O–H groups in total. The minimum absolute atomic E-state index is 0.0187. The van der Waals surface area contributed by atoms with Gasteiger partial charge in [0.1, 0.15) is 36.7 Å². The van der Waals surface area contributed by atoms with Crippen LogP contribution >= 0.6 is 0 Å². The molecule has 15 atom stereocenters. The molecule has 3 heterocycles. The Hall–Kier alpha value is -4.10. The molecule has 0 aromatic carbocycles. The molecule has 2 saturated heterocycles. The highest BCUT2D eigenvalue weighted by Gasteiger charge is 2.53. The molecular weight excluding hydrogens is 903 g/mol. The van der Waals surface area contributed by atoms with E-state index in [1.165, 1.54) is 7.11 Å². The number of methoxy groups -OCH3 is 2. The number of aliphatic hydroxyl groups excluding tert-OH is 2. The van der Waals surface area contributed by atoms with Crippen molar-refractivity contribution < 1.29 is 67.8 Å². The van der Waals surface area contributed by atoms with Gasteiger partial charge in [-0.05, 0) is 108 Å². The Labute approximate surface area is 415 Å². The van der Waals surface area contributed by atoms with Gasteiger partial charge in [-0.3, -0.25) is 19.2 Å². The van der Waals surface area contributed by atoms with E-state index < -0.39 is 89.9 Å². The number of cyclic esters (lactones) is 1. The molecule has 3 aliphatic heterocycles. The third kappa shape index (κ3) is 15.9. The highest BCUT2D eigenvalue weighted by Crippen LogP contribution is 2.37. The SMILES string of the molecule is CO[C@@H]1C[C@H](C[C@@H](C)[C@@H]2CC(=O)[C@H](C)/C=C(\C)[C@@H](O)[C@@H](OC)C(=O)[C@H](C)C[C@H](C)/C=C/C=C/C=C(\C)C(NC(=O)OCCN)C[C@@H]3CC[C@@H](C)[C@@](O)(O3)C(=O)C(=O)N3CCCC[C@H]3C(=O)O2)CC[C@H]1O. The number of piperidine rings is 1. The monoisotopic (exact) mass is 986 g/mol. The van der Waals surface area contributed by atoms with Gasteiger partial charge in [0.25, 0.3) is 11.7 Å². The minimum Gasteiger partial charge on any atom is -0.460 e. The molecule has 1 aliphatic carbocycles. The number of carbonyl (C=O) groups is 6. The van der Waals surface area contributed by atoms with Crippen molar-refractivity contribution in [3.8, 4) is 0 Å². The molecule has 1 saturated carbocycles. The van der Waals surface area contributed by atoms with Gasteiger partial charge in [0.2, 0.25) is 5.79 Å². The van der Waals surface area contributed by atoms with E-state index in [1.807, 2.05) is 26.0 Å². The molecular formula is C53H83N3O14. The van der Waals surface area contributed by atoms with Crippen molar-refractivity contribution in [1.82, 2.24) is 10.2 Å². The molecule has 394 valence electrons. The van der Waals surface area contributed by atoms with Crippen LogP contribution in [-0.2, 0) is 47.7 Å². The summed E-state index contributed by atoms with van der Waals surface area (Å²) in [5, 5.41) is 36.9. The van der Waals surface area contributed by atoms with Crippen molar-refractivity contribution in [1.29, 1.82) is 0 Å². The summed E-state index contributed by atoms with van der Waals surface area (Å²) in [7, 11) is 2.91. The van der Waals surface area contributed by atoms with Crippen LogP contribution in [0.2, 0.25) is 0 Å². The number of allylic oxidation sites excluding steroid dienone is 6. The smallest absolute Gasteiger partial charge is 0.407 e. The number of hydrogen-bond acceptors (Lipinski definition) is 15. The zero-order valence-electron chi connectivity index (χ0n) is 43.0. The van der Waals surface area contributed by atoms with Gasteiger partial charge in [-0.15, -0.1) is 0 Å². The lowest BCUT2D eigenvalue weighted by molar-refractivity contribution is -0.264. The molecule has 17 nitrogen and oxygen atoms in total. The summed E-state index contributed by atoms with van der Waals surface area (Å²) < 4.78 is 28.8. The molecule has 0 spiro atoms. The third-order valence-corrected chi connectivity index (χ3v) is 14.9. The molecule has 1 unspecified atom stereocenters. The predicted octanol–water partition coefficient (Wildman–Crippen LogP) is 5.22. The van der Waals surface area contributed by atoms with Crippen LogP contribution in [0.25, 0.3) is 0 Å². The molecule has 4 rings (SSSR count). The van der Waals surface area contributed by atoms with Gasteiger partial charge in [-0.2, -0.15) is 0 Å². The standard InChI is InChI=1S/C53H83N3O14/c1-31-15-11-10-12-16-32(2)40(55-52(64)68-24-22-54)29-39-20-18-37(7)53(65,70-39)49(61)50(62)56-23-14-13-17-41(56)51(63)69-44(34(4)27-38-19-21-42(57)45(28-38)66-8)30-43(58)33(3)26-36(6)47(60)48(67-9)46(59)35(5)25-31/h10-12,15-16,26,31,33-35,37-42,44-45,47-48,57,60,65H,13-14,17-25,27-30,54H2,1-9H3,(H,55,64)/b12-10+,15-11+,32-16+,36-26+/t31-,33-,34-,35-,37-,38+,39+,40?,41+,42-,44+,45-,47-,48+,53-/m1/s1. The summed E-state index contributed by atoms with van der Waals surface area (Å²) in [6.07, 6.45) is 9.42. The number of ketones is 3. The minimum atomic E-state index is -2.55. The number of aliphatic hydroxyl groups is 3. The second kappa shape index (κ2) is 27.6. The van der Waals surface area contributed by atoms with E-state index in [0.29, 0.717) is 68.9 Å². The predicted molar refractivity (Wildman–Crippen MR) is 262 cm³/mol. The molecule has 4 aliphatic rings. The number of nitrogens with one attached hydrogen (secondary N) is 1. The van der Waals surface area contributed by atoms with Crippen LogP contribution in [0.1, 0.15) is 126 Å². The lowest BCUT2D eigenvalue weighted by Crippen LogP contribution is -2.61. The Morgan fingerprint density at radius 1 is 0.929 bits per heavy atom. The second-order valence-electron chi connectivity index (χ2n) is 20.5. The van der Waals surface area contributed by atoms with E-state index in [-0.39, 0.29) is 74.4 Å². The average Bonchev–Trinajstić information content (AvgIpc) is 3.33. The van der Waals surface area contributed by atoms with Crippen molar-refractivity contribution in [3.05, 3.63) is 47.6 Å². The molecule has 2 bridgehead atoms. The number of ether oxygens (including phenoxy) is 5. The summed E-state index contributed by atoms with van der Waals surface area (Å²) in [4.78, 5) is 85.1. The van der Waals surface area contributed by atoms with Gasteiger partial charge in [0, 0.05) is 51.5 Å². The topological polar surface area (TPSA) is 251 Å². The van der Waals surface area contributed by atoms with Crippen LogP contribution in [0.3, 0.4) is 0 Å². The van der Waals surface area contributed by atoms with E-state index in [2.05, 4.69) is 5.32 Å². The normalized spacial score (nSPS) is 38.2. The number of fused-ring (bicyclic) bond motifs is 3. The number of carbonyl (C=O) groups excluding carboxylic acids is 6. The van der Waals surface area contributed by atoms with Gasteiger partial charge in [0.05, 0.1) is 24.4 Å². The van der Waals surface area contributed by atoms with E-state index in [0.717, 1.165) is 4.90 Å². The Kier molecular flexibility index (Phi) is 23.1. The Balaban J connectivity index is 1.73. The highest BCUT2D eigenvalue weighted by atomic mass is 16.6. The van der Waals surface area contributed by atoms with Crippen LogP contribution in [0.5, 0.6) is 0 Å². The molecule has 0 aromatic rings. The number of esters is 1. The molecule has 2 amide bonds. The average molecular weight is 986 g/mol. The van der Waals surface area contributed by atoms with E-state index in [4.69, 9.17) is 29.4 Å². The number of Topliss-reactive ketones (excluding diaryl/α,β-unsaturated/α-hetero) is 3. The number of hydrogen-bond donors (Lipinski definition) is 5. The van der Waals surface area contributed by atoms with Gasteiger partial charge in [-0.1, -0.05) is 76.6 Å². The summed E-state index contributed by atoms with van der Waals surface area (Å²) >= 11 is 0. The van der Waals surface area contributed by atoms with Crippen LogP contribution in [0, 0.1) is 35.5 Å². The zero-order valence-corrected chi connectivity index (χ0v) is 43.0. The quantitative estimate of drug-likeness (QED) is 0.119. The maximum Gasteiger partial charge on any atom is 0.407 e. The van der Waals surface area contributed by atoms with E-state index in [9.17, 15) is 44.1 Å². The summed E-state index contributed by atoms with van der Waals surface area (Å²) in [5.41, 5.74) is 6.62. The molecule has 70 heavy (non-hydrogen) atoms. The largest absolute Gasteiger partial charge is 0.460 e. The number of nitrogens with two attached hydrogens (primary N) is 1. The first-order chi connectivity index (χ1) is 33.1. The van der Waals surface area contributed by atoms with E-state index in [1.54, 1.807) is 66.0 Å². The number of nitrogens with zero attached hydrogens (tertiary/aromatic N) is 1. The zero-order chi connectivity index (χ0) is 51.9. The first kappa shape index (κ1) is 58.5. The van der Waals surface area contributed by atoms with Gasteiger partial charge in [0.15, 0.2) is 5.78 Å². The summed E-state index contributed by atoms with van der Waals surface area (Å²) in [5.74, 6) is -8.60. The van der Waals surface area contributed by atoms with E-state index >= 15 is 0 Å². The second-order valence-corrected chi connectivity index (χ2v) is 20.5. The van der Waals surface area contributed by atoms with Gasteiger partial charge in [-0.25, -0.2) is 9.59 Å². The Bertz CT molecular complexity index is 1920. The maximum atomic E-state index is 14.4. The number of rotatable bonds is 8. The molecule has 3 fully saturated rings. The number of alkyl carbamates (subject to hydrolysis) is 1. The molecule has 0 aromatic heterocycles. The van der Waals surface area contributed by atoms with Crippen LogP contribution < -0.4 is 11.1 Å². The fourth-order valence-electron chi connectivity index (χ4n) is 10.4. The van der Waals surface area contributed by atoms with Crippen molar-refractivity contribution in [2.24, 2.45) is 41.2 Å². The first-order valence-corrected chi connectivity index (χ1v) is 25.4. The summed E-state index contributed by atoms with van der Waals surface area (Å²) in [6.45, 7) is 12.5. The van der Waals surface area contributed by atoms with Crippen LogP contribution in [-0.4, -0.2) is 144 Å². The van der Waals surface area contributed by atoms with Crippen LogP contribution in [0.4, 0.5) is 4.79 Å². The first-order valence-electron chi connectivity index (χ1n) is 25.4. The van der Waals surface area contributed by atoms with Crippen molar-refractivity contribution in [2.45, 2.75) is 180 Å². The van der Waals surface area contributed by atoms with Crippen LogP contribution in [0.15, 0.2) is 47.6 Å². The number of amides is 2. The Morgan fingerprint density at radius 2 is 1.66 bits per heavy atom. The fraction of sp³-hybridized carbons (Fsp3) is 0.736. The van der Waals surface area contributed by atoms with Crippen molar-refractivity contribution in [2.75, 3.05) is 33.9 Å².